The van der Waals surface area contributed by atoms with Crippen LogP contribution in [-0.4, -0.2) is 39.3 Å². The summed E-state index contributed by atoms with van der Waals surface area (Å²) in [5.41, 5.74) is 6.36. The van der Waals surface area contributed by atoms with Crippen molar-refractivity contribution in [2.24, 2.45) is 12.5 Å². The molecule has 1 aliphatic rings. The zero-order valence-corrected chi connectivity index (χ0v) is 24.0. The van der Waals surface area contributed by atoms with Crippen LogP contribution in [-0.2, 0) is 31.1 Å². The quantitative estimate of drug-likeness (QED) is 0.348. The van der Waals surface area contributed by atoms with E-state index in [9.17, 15) is 18.7 Å². The minimum absolute atomic E-state index is 0.0891. The van der Waals surface area contributed by atoms with Gasteiger partial charge >= 0.3 is 0 Å². The molecule has 6 nitrogen and oxygen atoms in total. The van der Waals surface area contributed by atoms with Crippen molar-refractivity contribution < 1.29 is 18.7 Å². The molecule has 0 spiro atoms. The number of aromatic nitrogens is 2. The predicted molar refractivity (Wildman–Crippen MR) is 154 cm³/mol. The molecule has 8 heteroatoms. The number of aliphatic hydroxyl groups excluding tert-OH is 1. The van der Waals surface area contributed by atoms with Crippen LogP contribution in [0.4, 0.5) is 8.78 Å². The average molecular weight is 551 g/mol. The number of aliphatic hydroxyl groups is 1. The Labute approximate surface area is 235 Å². The number of aryl methyl sites for hydroxylation is 2. The molecular formula is C32H40F2N4O2. The van der Waals surface area contributed by atoms with Gasteiger partial charge in [-0.2, -0.15) is 0 Å². The lowest BCUT2D eigenvalue weighted by Crippen LogP contribution is -2.49. The highest BCUT2D eigenvalue weighted by molar-refractivity contribution is 5.73. The SMILES string of the molecule is CC(=O)NC(Cc1cc(F)cc(F)c1)C(O)CNC1/C(=C/c2cncn2C)CCc2ccc(CC(C)(C)C)cc21. The summed E-state index contributed by atoms with van der Waals surface area (Å²) in [4.78, 5) is 16.2. The standard InChI is InChI=1S/C32H40F2N4O2/c1-20(39)37-29(13-22-10-25(33)15-26(34)11-22)30(40)18-36-31-24(14-27-17-35-19-38(27)5)9-8-23-7-6-21(12-28(23)31)16-32(2,3)4/h6-7,10-12,14-15,17,19,29-31,36,40H,8-9,13,16,18H2,1-5H3,(H,37,39)/b24-14+. The van der Waals surface area contributed by atoms with E-state index in [1.165, 1.54) is 41.3 Å². The third kappa shape index (κ3) is 7.86. The molecule has 1 aromatic heterocycles. The van der Waals surface area contributed by atoms with E-state index in [0.717, 1.165) is 31.0 Å². The summed E-state index contributed by atoms with van der Waals surface area (Å²) in [5.74, 6) is -1.72. The molecule has 0 fully saturated rings. The molecule has 3 aromatic rings. The van der Waals surface area contributed by atoms with Crippen molar-refractivity contribution in [3.05, 3.63) is 94.1 Å². The first-order valence-corrected chi connectivity index (χ1v) is 13.8. The molecule has 3 N–H and O–H groups in total. The molecule has 1 heterocycles. The van der Waals surface area contributed by atoms with Crippen LogP contribution in [0.2, 0.25) is 0 Å². The van der Waals surface area contributed by atoms with Crippen molar-refractivity contribution >= 4 is 12.0 Å². The van der Waals surface area contributed by atoms with Crippen molar-refractivity contribution in [2.45, 2.75) is 71.6 Å². The van der Waals surface area contributed by atoms with Crippen LogP contribution in [0.25, 0.3) is 6.08 Å². The van der Waals surface area contributed by atoms with E-state index in [1.807, 2.05) is 17.8 Å². The van der Waals surface area contributed by atoms with Gasteiger partial charge in [0.05, 0.1) is 36.4 Å². The third-order valence-electron chi connectivity index (χ3n) is 7.26. The second-order valence-electron chi connectivity index (χ2n) is 12.1. The molecule has 1 amide bonds. The molecule has 0 aliphatic heterocycles. The highest BCUT2D eigenvalue weighted by atomic mass is 19.1. The normalized spacial score (nSPS) is 17.9. The zero-order chi connectivity index (χ0) is 29.0. The molecule has 40 heavy (non-hydrogen) atoms. The fourth-order valence-electron chi connectivity index (χ4n) is 5.49. The van der Waals surface area contributed by atoms with Crippen LogP contribution in [0.1, 0.15) is 68.1 Å². The molecule has 0 saturated carbocycles. The number of imidazole rings is 1. The van der Waals surface area contributed by atoms with E-state index >= 15 is 0 Å². The molecule has 3 atom stereocenters. The molecule has 4 rings (SSSR count). The number of amides is 1. The van der Waals surface area contributed by atoms with Gasteiger partial charge in [0, 0.05) is 26.6 Å². The average Bonchev–Trinajstić information content (AvgIpc) is 3.25. The van der Waals surface area contributed by atoms with E-state index in [1.54, 1.807) is 6.33 Å². The Kier molecular flexibility index (Phi) is 9.21. The summed E-state index contributed by atoms with van der Waals surface area (Å²) >= 11 is 0. The molecule has 0 saturated heterocycles. The Balaban J connectivity index is 1.62. The number of nitrogens with zero attached hydrogens (tertiary/aromatic N) is 2. The second-order valence-corrected chi connectivity index (χ2v) is 12.1. The minimum Gasteiger partial charge on any atom is -0.390 e. The summed E-state index contributed by atoms with van der Waals surface area (Å²) in [6.45, 7) is 8.19. The van der Waals surface area contributed by atoms with Crippen LogP contribution in [0, 0.1) is 17.0 Å². The first kappa shape index (κ1) is 29.6. The Morgan fingerprint density at radius 3 is 2.50 bits per heavy atom. The van der Waals surface area contributed by atoms with E-state index in [0.29, 0.717) is 5.56 Å². The van der Waals surface area contributed by atoms with Gasteiger partial charge in [0.25, 0.3) is 0 Å². The van der Waals surface area contributed by atoms with Gasteiger partial charge < -0.3 is 20.3 Å². The maximum Gasteiger partial charge on any atom is 0.217 e. The van der Waals surface area contributed by atoms with Gasteiger partial charge in [-0.25, -0.2) is 13.8 Å². The number of benzene rings is 2. The number of carbonyl (C=O) groups is 1. The number of halogens is 2. The summed E-state index contributed by atoms with van der Waals surface area (Å²) in [5, 5.41) is 17.6. The molecular weight excluding hydrogens is 510 g/mol. The summed E-state index contributed by atoms with van der Waals surface area (Å²) < 4.78 is 29.6. The molecule has 0 bridgehead atoms. The summed E-state index contributed by atoms with van der Waals surface area (Å²) in [6, 6.07) is 9.05. The smallest absolute Gasteiger partial charge is 0.217 e. The highest BCUT2D eigenvalue weighted by Gasteiger charge is 2.28. The Bertz CT molecular complexity index is 1360. The first-order chi connectivity index (χ1) is 18.9. The van der Waals surface area contributed by atoms with Crippen LogP contribution in [0.5, 0.6) is 0 Å². The van der Waals surface area contributed by atoms with Gasteiger partial charge in [0.1, 0.15) is 11.6 Å². The number of hydrogen-bond acceptors (Lipinski definition) is 4. The van der Waals surface area contributed by atoms with E-state index in [4.69, 9.17) is 0 Å². The second kappa shape index (κ2) is 12.4. The molecule has 1 aliphatic carbocycles. The van der Waals surface area contributed by atoms with Gasteiger partial charge in [-0.05, 0) is 77.1 Å². The first-order valence-electron chi connectivity index (χ1n) is 13.8. The Morgan fingerprint density at radius 2 is 1.88 bits per heavy atom. The minimum atomic E-state index is -1.00. The monoisotopic (exact) mass is 550 g/mol. The number of nitrogens with one attached hydrogen (secondary N) is 2. The van der Waals surface area contributed by atoms with Gasteiger partial charge in [0.2, 0.25) is 5.91 Å². The van der Waals surface area contributed by atoms with Crippen molar-refractivity contribution in [3.63, 3.8) is 0 Å². The highest BCUT2D eigenvalue weighted by Crippen LogP contribution is 2.37. The van der Waals surface area contributed by atoms with Crippen LogP contribution in [0.15, 0.2) is 54.5 Å². The lowest BCUT2D eigenvalue weighted by atomic mass is 9.80. The molecule has 214 valence electrons. The van der Waals surface area contributed by atoms with Crippen molar-refractivity contribution in [1.82, 2.24) is 20.2 Å². The van der Waals surface area contributed by atoms with Crippen LogP contribution in [0.3, 0.4) is 0 Å². The zero-order valence-electron chi connectivity index (χ0n) is 24.0. The van der Waals surface area contributed by atoms with Gasteiger partial charge in [0.15, 0.2) is 0 Å². The number of fused-ring (bicyclic) bond motifs is 1. The fraction of sp³-hybridized carbons (Fsp3) is 0.438. The van der Waals surface area contributed by atoms with Crippen LogP contribution >= 0.6 is 0 Å². The number of rotatable bonds is 9. The summed E-state index contributed by atoms with van der Waals surface area (Å²) in [7, 11) is 1.96. The number of hydrogen-bond donors (Lipinski definition) is 3. The Morgan fingerprint density at radius 1 is 1.15 bits per heavy atom. The van der Waals surface area contributed by atoms with Crippen molar-refractivity contribution in [2.75, 3.05) is 6.54 Å². The molecule has 2 aromatic carbocycles. The topological polar surface area (TPSA) is 79.2 Å². The third-order valence-corrected chi connectivity index (χ3v) is 7.26. The Hall–Kier alpha value is -3.36. The lowest BCUT2D eigenvalue weighted by molar-refractivity contribution is -0.120. The molecule has 3 unspecified atom stereocenters. The summed E-state index contributed by atoms with van der Waals surface area (Å²) in [6.07, 6.45) is 7.53. The van der Waals surface area contributed by atoms with E-state index in [2.05, 4.69) is 60.7 Å². The van der Waals surface area contributed by atoms with Crippen LogP contribution < -0.4 is 10.6 Å². The maximum absolute atomic E-state index is 13.8. The van der Waals surface area contributed by atoms with Gasteiger partial charge in [-0.1, -0.05) is 39.0 Å². The maximum atomic E-state index is 13.8. The van der Waals surface area contributed by atoms with E-state index in [-0.39, 0.29) is 30.3 Å². The van der Waals surface area contributed by atoms with Crippen molar-refractivity contribution in [1.29, 1.82) is 0 Å². The van der Waals surface area contributed by atoms with E-state index < -0.39 is 23.8 Å². The molecule has 0 radical (unpaired) electrons. The number of carbonyl (C=O) groups excluding carboxylic acids is 1. The largest absolute Gasteiger partial charge is 0.390 e. The van der Waals surface area contributed by atoms with Crippen molar-refractivity contribution in [3.8, 4) is 0 Å². The lowest BCUT2D eigenvalue weighted by Gasteiger charge is -2.33. The predicted octanol–water partition coefficient (Wildman–Crippen LogP) is 5.06. The van der Waals surface area contributed by atoms with Gasteiger partial charge in [-0.3, -0.25) is 4.79 Å². The van der Waals surface area contributed by atoms with Gasteiger partial charge in [-0.15, -0.1) is 0 Å². The fourth-order valence-corrected chi connectivity index (χ4v) is 5.49.